The number of nitrogens with two attached hydrogens (primary N) is 1. The van der Waals surface area contributed by atoms with Crippen LogP contribution in [0.2, 0.25) is 0 Å². The van der Waals surface area contributed by atoms with Crippen molar-refractivity contribution in [2.45, 2.75) is 18.2 Å². The van der Waals surface area contributed by atoms with E-state index in [2.05, 4.69) is 24.9 Å². The average molecular weight is 323 g/mol. The number of benzene rings is 1. The molecule has 0 unspecified atom stereocenters. The first-order chi connectivity index (χ1) is 9.91. The van der Waals surface area contributed by atoms with Gasteiger partial charge in [-0.15, -0.1) is 11.3 Å². The number of fused-ring (bicyclic) bond motifs is 1. The van der Waals surface area contributed by atoms with Gasteiger partial charge in [-0.1, -0.05) is 37.7 Å². The van der Waals surface area contributed by atoms with E-state index in [0.717, 1.165) is 14.6 Å². The SMILES string of the molecule is CN(CC(C)(C)CN)C(=O)CSc1nc2ccccc2s1. The average Bonchev–Trinajstić information content (AvgIpc) is 2.87. The molecule has 1 amide bonds. The van der Waals surface area contributed by atoms with Crippen LogP contribution in [0.25, 0.3) is 10.2 Å². The summed E-state index contributed by atoms with van der Waals surface area (Å²) in [5, 5.41) is 0. The molecule has 2 N–H and O–H groups in total. The first-order valence-corrected chi connectivity index (χ1v) is 8.64. The third-order valence-corrected chi connectivity index (χ3v) is 5.40. The molecular formula is C15H21N3OS2. The molecule has 0 saturated heterocycles. The van der Waals surface area contributed by atoms with Gasteiger partial charge in [-0.25, -0.2) is 4.98 Å². The Bertz CT molecular complexity index is 591. The van der Waals surface area contributed by atoms with E-state index in [9.17, 15) is 4.79 Å². The largest absolute Gasteiger partial charge is 0.344 e. The first-order valence-electron chi connectivity index (χ1n) is 6.84. The van der Waals surface area contributed by atoms with Gasteiger partial charge in [0.1, 0.15) is 0 Å². The maximum atomic E-state index is 12.2. The zero-order valence-corrected chi connectivity index (χ0v) is 14.3. The fourth-order valence-corrected chi connectivity index (χ4v) is 3.95. The minimum absolute atomic E-state index is 0.0507. The van der Waals surface area contributed by atoms with Crippen molar-refractivity contribution in [2.75, 3.05) is 25.9 Å². The van der Waals surface area contributed by atoms with E-state index in [-0.39, 0.29) is 11.3 Å². The number of hydrogen-bond donors (Lipinski definition) is 1. The normalized spacial score (nSPS) is 11.8. The van der Waals surface area contributed by atoms with Crippen LogP contribution in [0.1, 0.15) is 13.8 Å². The molecule has 6 heteroatoms. The van der Waals surface area contributed by atoms with Gasteiger partial charge in [0.05, 0.1) is 16.0 Å². The smallest absolute Gasteiger partial charge is 0.232 e. The lowest BCUT2D eigenvalue weighted by atomic mass is 9.93. The minimum atomic E-state index is -0.0507. The predicted molar refractivity (Wildman–Crippen MR) is 90.8 cm³/mol. The van der Waals surface area contributed by atoms with Crippen LogP contribution in [0.5, 0.6) is 0 Å². The number of rotatable bonds is 6. The number of aromatic nitrogens is 1. The van der Waals surface area contributed by atoms with Crippen LogP contribution in [-0.4, -0.2) is 41.7 Å². The van der Waals surface area contributed by atoms with Crippen LogP contribution in [0, 0.1) is 5.41 Å². The van der Waals surface area contributed by atoms with Crippen molar-refractivity contribution < 1.29 is 4.79 Å². The van der Waals surface area contributed by atoms with Gasteiger partial charge in [-0.2, -0.15) is 0 Å². The van der Waals surface area contributed by atoms with Gasteiger partial charge in [-0.05, 0) is 24.1 Å². The number of amides is 1. The lowest BCUT2D eigenvalue weighted by molar-refractivity contribution is -0.128. The Kier molecular flexibility index (Phi) is 5.24. The summed E-state index contributed by atoms with van der Waals surface area (Å²) in [4.78, 5) is 18.4. The van der Waals surface area contributed by atoms with Gasteiger partial charge in [0.2, 0.25) is 5.91 Å². The Morgan fingerprint density at radius 3 is 2.81 bits per heavy atom. The van der Waals surface area contributed by atoms with Gasteiger partial charge in [-0.3, -0.25) is 4.79 Å². The Morgan fingerprint density at radius 1 is 1.43 bits per heavy atom. The number of nitrogens with zero attached hydrogens (tertiary/aromatic N) is 2. The number of carbonyl (C=O) groups excluding carboxylic acids is 1. The summed E-state index contributed by atoms with van der Waals surface area (Å²) in [6.07, 6.45) is 0. The van der Waals surface area contributed by atoms with Gasteiger partial charge in [0, 0.05) is 13.6 Å². The third kappa shape index (κ3) is 4.43. The molecule has 0 radical (unpaired) electrons. The molecule has 0 fully saturated rings. The summed E-state index contributed by atoms with van der Waals surface area (Å²) < 4.78 is 2.10. The molecule has 1 aromatic heterocycles. The van der Waals surface area contributed by atoms with Crippen LogP contribution in [-0.2, 0) is 4.79 Å². The van der Waals surface area contributed by atoms with E-state index in [4.69, 9.17) is 5.73 Å². The molecule has 0 spiro atoms. The summed E-state index contributed by atoms with van der Waals surface area (Å²) in [6, 6.07) is 8.02. The van der Waals surface area contributed by atoms with Crippen LogP contribution >= 0.6 is 23.1 Å². The van der Waals surface area contributed by atoms with Crippen molar-refractivity contribution in [1.29, 1.82) is 0 Å². The molecule has 0 saturated carbocycles. The monoisotopic (exact) mass is 323 g/mol. The van der Waals surface area contributed by atoms with Crippen LogP contribution in [0.15, 0.2) is 28.6 Å². The Morgan fingerprint density at radius 2 is 2.14 bits per heavy atom. The highest BCUT2D eigenvalue weighted by molar-refractivity contribution is 8.01. The first kappa shape index (κ1) is 16.3. The molecular weight excluding hydrogens is 302 g/mol. The van der Waals surface area contributed by atoms with Crippen LogP contribution in [0.4, 0.5) is 0 Å². The molecule has 4 nitrogen and oxygen atoms in total. The molecule has 0 aliphatic heterocycles. The summed E-state index contributed by atoms with van der Waals surface area (Å²) in [5.41, 5.74) is 6.66. The van der Waals surface area contributed by atoms with Crippen molar-refractivity contribution in [3.05, 3.63) is 24.3 Å². The van der Waals surface area contributed by atoms with E-state index in [1.807, 2.05) is 25.2 Å². The van der Waals surface area contributed by atoms with E-state index in [1.165, 1.54) is 11.8 Å². The maximum Gasteiger partial charge on any atom is 0.232 e. The number of carbonyl (C=O) groups is 1. The fourth-order valence-electron chi connectivity index (χ4n) is 1.94. The molecule has 0 atom stereocenters. The summed E-state index contributed by atoms with van der Waals surface area (Å²) in [5.74, 6) is 0.525. The summed E-state index contributed by atoms with van der Waals surface area (Å²) in [6.45, 7) is 5.37. The summed E-state index contributed by atoms with van der Waals surface area (Å²) in [7, 11) is 1.83. The van der Waals surface area contributed by atoms with Crippen LogP contribution < -0.4 is 5.73 Å². The highest BCUT2D eigenvalue weighted by Crippen LogP contribution is 2.29. The summed E-state index contributed by atoms with van der Waals surface area (Å²) >= 11 is 3.13. The third-order valence-electron chi connectivity index (χ3n) is 3.24. The Hall–Kier alpha value is -1.11. The standard InChI is InChI=1S/C15H21N3OS2/c1-15(2,9-16)10-18(3)13(19)8-20-14-17-11-6-4-5-7-12(11)21-14/h4-7H,8-10,16H2,1-3H3. The molecule has 2 rings (SSSR count). The Balaban J connectivity index is 1.91. The molecule has 0 aliphatic carbocycles. The van der Waals surface area contributed by atoms with Crippen molar-refractivity contribution >= 4 is 39.2 Å². The fraction of sp³-hybridized carbons (Fsp3) is 0.467. The van der Waals surface area contributed by atoms with Gasteiger partial charge >= 0.3 is 0 Å². The second-order valence-corrected chi connectivity index (χ2v) is 8.11. The van der Waals surface area contributed by atoms with Crippen molar-refractivity contribution in [2.24, 2.45) is 11.1 Å². The van der Waals surface area contributed by atoms with Crippen LogP contribution in [0.3, 0.4) is 0 Å². The molecule has 114 valence electrons. The van der Waals surface area contributed by atoms with E-state index in [1.54, 1.807) is 16.2 Å². The molecule has 0 bridgehead atoms. The Labute approximate surface area is 133 Å². The number of thiazole rings is 1. The van der Waals surface area contributed by atoms with E-state index < -0.39 is 0 Å². The molecule has 21 heavy (non-hydrogen) atoms. The highest BCUT2D eigenvalue weighted by Gasteiger charge is 2.21. The zero-order chi connectivity index (χ0) is 15.5. The molecule has 1 heterocycles. The number of hydrogen-bond acceptors (Lipinski definition) is 5. The quantitative estimate of drug-likeness (QED) is 0.831. The minimum Gasteiger partial charge on any atom is -0.344 e. The van der Waals surface area contributed by atoms with Gasteiger partial charge < -0.3 is 10.6 Å². The van der Waals surface area contributed by atoms with Crippen molar-refractivity contribution in [3.8, 4) is 0 Å². The number of para-hydroxylation sites is 1. The maximum absolute atomic E-state index is 12.2. The topological polar surface area (TPSA) is 59.2 Å². The highest BCUT2D eigenvalue weighted by atomic mass is 32.2. The van der Waals surface area contributed by atoms with E-state index >= 15 is 0 Å². The van der Waals surface area contributed by atoms with E-state index in [0.29, 0.717) is 18.8 Å². The molecule has 0 aliphatic rings. The molecule has 1 aromatic carbocycles. The predicted octanol–water partition coefficient (Wildman–Crippen LogP) is 2.83. The second-order valence-electron chi connectivity index (χ2n) is 5.85. The lowest BCUT2D eigenvalue weighted by Crippen LogP contribution is -2.40. The van der Waals surface area contributed by atoms with Gasteiger partial charge in [0.25, 0.3) is 0 Å². The number of thioether (sulfide) groups is 1. The van der Waals surface area contributed by atoms with Gasteiger partial charge in [0.15, 0.2) is 4.34 Å². The van der Waals surface area contributed by atoms with Crippen molar-refractivity contribution in [1.82, 2.24) is 9.88 Å². The van der Waals surface area contributed by atoms with Crippen molar-refractivity contribution in [3.63, 3.8) is 0 Å². The zero-order valence-electron chi connectivity index (χ0n) is 12.6. The second kappa shape index (κ2) is 6.77. The lowest BCUT2D eigenvalue weighted by Gasteiger charge is -2.28. The molecule has 2 aromatic rings.